The first-order valence-corrected chi connectivity index (χ1v) is 10.9. The Bertz CT molecular complexity index is 1080. The summed E-state index contributed by atoms with van der Waals surface area (Å²) in [5.74, 6) is 0.391. The summed E-state index contributed by atoms with van der Waals surface area (Å²) in [5.41, 5.74) is 0.995. The van der Waals surface area contributed by atoms with Gasteiger partial charge in [0.1, 0.15) is 10.5 Å². The molecule has 0 aliphatic carbocycles. The maximum Gasteiger partial charge on any atom is 0.322 e. The van der Waals surface area contributed by atoms with E-state index in [-0.39, 0.29) is 11.7 Å². The second-order valence-electron chi connectivity index (χ2n) is 6.73. The molecule has 4 amide bonds. The van der Waals surface area contributed by atoms with Crippen LogP contribution in [0.15, 0.2) is 48.5 Å². The number of imide groups is 1. The fraction of sp³-hybridized carbons (Fsp3) is 0.200. The van der Waals surface area contributed by atoms with Gasteiger partial charge in [0.25, 0.3) is 5.91 Å². The smallest absolute Gasteiger partial charge is 0.322 e. The summed E-state index contributed by atoms with van der Waals surface area (Å²) in [4.78, 5) is 40.4. The Balaban J connectivity index is 1.35. The summed E-state index contributed by atoms with van der Waals surface area (Å²) in [5, 5.41) is 8.68. The number of hydrogen-bond acceptors (Lipinski definition) is 6. The van der Waals surface area contributed by atoms with Crippen LogP contribution in [-0.2, 0) is 20.9 Å². The molecule has 148 valence electrons. The molecule has 7 nitrogen and oxygen atoms in total. The van der Waals surface area contributed by atoms with E-state index < -0.39 is 17.5 Å². The summed E-state index contributed by atoms with van der Waals surface area (Å²) < 4.78 is 1.14. The molecule has 0 bridgehead atoms. The molecule has 0 saturated carbocycles. The summed E-state index contributed by atoms with van der Waals surface area (Å²) in [7, 11) is 0. The molecular formula is C20H18N4O3S2. The summed E-state index contributed by atoms with van der Waals surface area (Å²) >= 11 is 3.13. The second kappa shape index (κ2) is 7.84. The molecule has 1 aromatic heterocycles. The first-order valence-electron chi connectivity index (χ1n) is 8.90. The third-order valence-corrected chi connectivity index (χ3v) is 6.73. The highest BCUT2D eigenvalue weighted by Gasteiger charge is 2.43. The average Bonchev–Trinajstić information content (AvgIpc) is 3.22. The molecule has 0 spiro atoms. The van der Waals surface area contributed by atoms with Crippen molar-refractivity contribution in [2.45, 2.75) is 18.2 Å². The molecule has 2 aromatic carbocycles. The molecule has 9 heteroatoms. The molecule has 1 aliphatic heterocycles. The molecule has 1 atom stereocenters. The van der Waals surface area contributed by atoms with E-state index in [1.54, 1.807) is 42.5 Å². The predicted molar refractivity (Wildman–Crippen MR) is 115 cm³/mol. The lowest BCUT2D eigenvalue weighted by molar-refractivity contribution is -0.123. The van der Waals surface area contributed by atoms with Gasteiger partial charge < -0.3 is 10.6 Å². The van der Waals surface area contributed by atoms with Crippen molar-refractivity contribution in [3.8, 4) is 0 Å². The van der Waals surface area contributed by atoms with Gasteiger partial charge in [-0.25, -0.2) is 9.78 Å². The Kier molecular flexibility index (Phi) is 5.25. The van der Waals surface area contributed by atoms with Gasteiger partial charge >= 0.3 is 6.03 Å². The van der Waals surface area contributed by atoms with Crippen molar-refractivity contribution < 1.29 is 14.4 Å². The van der Waals surface area contributed by atoms with Crippen LogP contribution in [0.2, 0.25) is 0 Å². The van der Waals surface area contributed by atoms with Crippen LogP contribution in [0.3, 0.4) is 0 Å². The van der Waals surface area contributed by atoms with Crippen LogP contribution in [0, 0.1) is 0 Å². The van der Waals surface area contributed by atoms with Crippen molar-refractivity contribution in [3.05, 3.63) is 59.1 Å². The van der Waals surface area contributed by atoms with E-state index in [1.165, 1.54) is 11.8 Å². The molecule has 1 fully saturated rings. The van der Waals surface area contributed by atoms with E-state index in [2.05, 4.69) is 20.9 Å². The molecule has 29 heavy (non-hydrogen) atoms. The van der Waals surface area contributed by atoms with E-state index in [0.717, 1.165) is 15.2 Å². The first kappa shape index (κ1) is 19.4. The van der Waals surface area contributed by atoms with E-state index in [0.29, 0.717) is 17.0 Å². The van der Waals surface area contributed by atoms with Crippen molar-refractivity contribution >= 4 is 56.8 Å². The minimum atomic E-state index is -1.15. The second-order valence-corrected chi connectivity index (χ2v) is 8.83. The number of benzene rings is 2. The standard InChI is InChI=1S/C20H18N4O3S2/c1-20(18(26)23-19(27)24-20)12-5-4-6-13(9-12)21-16(25)10-28-11-17-22-14-7-2-3-8-15(14)29-17/h2-9H,10-11H2,1H3,(H,21,25)(H2,23,24,26,27). The zero-order valence-electron chi connectivity index (χ0n) is 15.5. The minimum absolute atomic E-state index is 0.140. The van der Waals surface area contributed by atoms with E-state index in [1.807, 2.05) is 24.3 Å². The highest BCUT2D eigenvalue weighted by molar-refractivity contribution is 7.99. The predicted octanol–water partition coefficient (Wildman–Crippen LogP) is 3.22. The molecule has 2 heterocycles. The van der Waals surface area contributed by atoms with Gasteiger partial charge in [-0.05, 0) is 36.8 Å². The molecular weight excluding hydrogens is 408 g/mol. The van der Waals surface area contributed by atoms with Gasteiger partial charge in [0.2, 0.25) is 5.91 Å². The summed E-state index contributed by atoms with van der Waals surface area (Å²) in [6.07, 6.45) is 0. The summed E-state index contributed by atoms with van der Waals surface area (Å²) in [6.45, 7) is 1.63. The number of rotatable bonds is 6. The highest BCUT2D eigenvalue weighted by atomic mass is 32.2. The van der Waals surface area contributed by atoms with Crippen LogP contribution in [0.1, 0.15) is 17.5 Å². The SMILES string of the molecule is CC1(c2cccc(NC(=O)CSCc3nc4ccccc4s3)c2)NC(=O)NC1=O. The van der Waals surface area contributed by atoms with Crippen LogP contribution in [0.5, 0.6) is 0 Å². The Morgan fingerprint density at radius 3 is 2.79 bits per heavy atom. The molecule has 3 aromatic rings. The van der Waals surface area contributed by atoms with Crippen molar-refractivity contribution in [3.63, 3.8) is 0 Å². The third kappa shape index (κ3) is 4.10. The largest absolute Gasteiger partial charge is 0.325 e. The maximum atomic E-state index is 12.3. The number of nitrogens with zero attached hydrogens (tertiary/aromatic N) is 1. The molecule has 1 unspecified atom stereocenters. The van der Waals surface area contributed by atoms with Gasteiger partial charge in [-0.3, -0.25) is 14.9 Å². The number of amides is 4. The van der Waals surface area contributed by atoms with Crippen molar-refractivity contribution in [1.29, 1.82) is 0 Å². The Morgan fingerprint density at radius 1 is 1.21 bits per heavy atom. The zero-order chi connectivity index (χ0) is 20.4. The first-order chi connectivity index (χ1) is 13.9. The normalized spacial score (nSPS) is 18.5. The number of fused-ring (bicyclic) bond motifs is 1. The van der Waals surface area contributed by atoms with E-state index in [9.17, 15) is 14.4 Å². The van der Waals surface area contributed by atoms with Gasteiger partial charge in [-0.15, -0.1) is 23.1 Å². The fourth-order valence-electron chi connectivity index (χ4n) is 3.06. The number of hydrogen-bond donors (Lipinski definition) is 3. The van der Waals surface area contributed by atoms with Crippen LogP contribution in [0.25, 0.3) is 10.2 Å². The zero-order valence-corrected chi connectivity index (χ0v) is 17.2. The number of carbonyl (C=O) groups excluding carboxylic acids is 3. The Labute approximate surface area is 175 Å². The topological polar surface area (TPSA) is 100 Å². The average molecular weight is 427 g/mol. The monoisotopic (exact) mass is 426 g/mol. The van der Waals surface area contributed by atoms with Gasteiger partial charge in [-0.1, -0.05) is 24.3 Å². The fourth-order valence-corrected chi connectivity index (χ4v) is 4.91. The Hall–Kier alpha value is -2.91. The summed E-state index contributed by atoms with van der Waals surface area (Å²) in [6, 6.07) is 14.4. The lowest BCUT2D eigenvalue weighted by atomic mass is 9.92. The number of para-hydroxylation sites is 1. The van der Waals surface area contributed by atoms with Gasteiger partial charge in [0, 0.05) is 11.4 Å². The van der Waals surface area contributed by atoms with Gasteiger partial charge in [0.05, 0.1) is 16.0 Å². The van der Waals surface area contributed by atoms with E-state index in [4.69, 9.17) is 0 Å². The number of carbonyl (C=O) groups is 3. The number of thioether (sulfide) groups is 1. The maximum absolute atomic E-state index is 12.3. The quantitative estimate of drug-likeness (QED) is 0.526. The van der Waals surface area contributed by atoms with Crippen molar-refractivity contribution in [2.24, 2.45) is 0 Å². The number of aromatic nitrogens is 1. The number of anilines is 1. The number of nitrogens with one attached hydrogen (secondary N) is 3. The van der Waals surface area contributed by atoms with Gasteiger partial charge in [0.15, 0.2) is 0 Å². The number of urea groups is 1. The lowest BCUT2D eigenvalue weighted by Crippen LogP contribution is -2.40. The lowest BCUT2D eigenvalue weighted by Gasteiger charge is -2.21. The van der Waals surface area contributed by atoms with E-state index >= 15 is 0 Å². The van der Waals surface area contributed by atoms with Crippen molar-refractivity contribution in [2.75, 3.05) is 11.1 Å². The molecule has 4 rings (SSSR count). The minimum Gasteiger partial charge on any atom is -0.325 e. The molecule has 1 saturated heterocycles. The highest BCUT2D eigenvalue weighted by Crippen LogP contribution is 2.27. The van der Waals surface area contributed by atoms with Crippen LogP contribution < -0.4 is 16.0 Å². The Morgan fingerprint density at radius 2 is 2.03 bits per heavy atom. The van der Waals surface area contributed by atoms with Crippen molar-refractivity contribution in [1.82, 2.24) is 15.6 Å². The van der Waals surface area contributed by atoms with Crippen LogP contribution in [0.4, 0.5) is 10.5 Å². The molecule has 1 aliphatic rings. The molecule has 0 radical (unpaired) electrons. The number of thiazole rings is 1. The van der Waals surface area contributed by atoms with Crippen LogP contribution >= 0.6 is 23.1 Å². The third-order valence-electron chi connectivity index (χ3n) is 4.57. The van der Waals surface area contributed by atoms with Gasteiger partial charge in [-0.2, -0.15) is 0 Å². The molecule has 3 N–H and O–H groups in total. The van der Waals surface area contributed by atoms with Crippen LogP contribution in [-0.4, -0.2) is 28.6 Å².